The number of hydrogen-bond acceptors (Lipinski definition) is 3. The largest absolute Gasteiger partial charge is 0.411 e. The molecule has 0 aromatic heterocycles. The smallest absolute Gasteiger partial charge is 0.369 e. The highest BCUT2D eigenvalue weighted by atomic mass is 19.4. The van der Waals surface area contributed by atoms with Crippen LogP contribution in [0.25, 0.3) is 0 Å². The van der Waals surface area contributed by atoms with Crippen LogP contribution in [0.4, 0.5) is 13.2 Å². The minimum atomic E-state index is -4.21. The van der Waals surface area contributed by atoms with Gasteiger partial charge in [0.25, 0.3) is 0 Å². The predicted octanol–water partition coefficient (Wildman–Crippen LogP) is 2.47. The molecule has 1 saturated heterocycles. The van der Waals surface area contributed by atoms with E-state index in [0.29, 0.717) is 18.4 Å². The molecule has 0 aromatic rings. The minimum Gasteiger partial charge on any atom is -0.369 e. The normalized spacial score (nSPS) is 29.6. The molecule has 2 rings (SSSR count). The molecule has 118 valence electrons. The van der Waals surface area contributed by atoms with Crippen molar-refractivity contribution in [3.05, 3.63) is 0 Å². The second kappa shape index (κ2) is 7.61. The second-order valence-electron chi connectivity index (χ2n) is 6.01. The van der Waals surface area contributed by atoms with Crippen LogP contribution in [0.5, 0.6) is 0 Å². The lowest BCUT2D eigenvalue weighted by atomic mass is 9.91. The van der Waals surface area contributed by atoms with Crippen molar-refractivity contribution < 1.29 is 17.9 Å². The lowest BCUT2D eigenvalue weighted by Crippen LogP contribution is -2.42. The molecule has 0 amide bonds. The van der Waals surface area contributed by atoms with E-state index in [0.717, 1.165) is 38.9 Å². The maximum absolute atomic E-state index is 12.2. The Bertz CT molecular complexity index is 280. The summed E-state index contributed by atoms with van der Waals surface area (Å²) in [5.41, 5.74) is 0. The van der Waals surface area contributed by atoms with E-state index in [-0.39, 0.29) is 6.10 Å². The molecule has 0 radical (unpaired) electrons. The fourth-order valence-electron chi connectivity index (χ4n) is 3.11. The van der Waals surface area contributed by atoms with Crippen molar-refractivity contribution in [1.82, 2.24) is 10.6 Å². The summed E-state index contributed by atoms with van der Waals surface area (Å²) in [6.07, 6.45) is 1.39. The van der Waals surface area contributed by atoms with E-state index in [2.05, 4.69) is 10.6 Å². The Balaban J connectivity index is 1.64. The van der Waals surface area contributed by atoms with Gasteiger partial charge in [0.05, 0.1) is 6.10 Å². The molecular weight excluding hydrogens is 269 g/mol. The van der Waals surface area contributed by atoms with Gasteiger partial charge >= 0.3 is 6.18 Å². The maximum atomic E-state index is 12.2. The average Bonchev–Trinajstić information content (AvgIpc) is 2.44. The zero-order valence-corrected chi connectivity index (χ0v) is 11.8. The fourth-order valence-corrected chi connectivity index (χ4v) is 3.11. The molecule has 2 atom stereocenters. The van der Waals surface area contributed by atoms with Gasteiger partial charge in [0.15, 0.2) is 0 Å². The van der Waals surface area contributed by atoms with Crippen molar-refractivity contribution >= 4 is 0 Å². The van der Waals surface area contributed by atoms with Gasteiger partial charge < -0.3 is 15.4 Å². The Morgan fingerprint density at radius 2 is 1.85 bits per heavy atom. The van der Waals surface area contributed by atoms with Gasteiger partial charge in [0.1, 0.15) is 6.61 Å². The summed E-state index contributed by atoms with van der Waals surface area (Å²) in [6.45, 7) is 2.03. The van der Waals surface area contributed by atoms with Crippen LogP contribution in [0, 0.1) is 5.92 Å². The van der Waals surface area contributed by atoms with E-state index < -0.39 is 12.8 Å². The molecule has 2 N–H and O–H groups in total. The molecule has 2 unspecified atom stereocenters. The standard InChI is InChI=1S/C14H25F3N2O/c15-14(16,17)10-20-13-3-1-2-12(8-13)19-9-11-4-6-18-7-5-11/h11-13,18-19H,1-10H2. The van der Waals surface area contributed by atoms with E-state index in [4.69, 9.17) is 4.74 Å². The first-order valence-electron chi connectivity index (χ1n) is 7.65. The van der Waals surface area contributed by atoms with Crippen LogP contribution in [0.2, 0.25) is 0 Å². The first-order valence-corrected chi connectivity index (χ1v) is 7.65. The minimum absolute atomic E-state index is 0.240. The van der Waals surface area contributed by atoms with Crippen molar-refractivity contribution in [3.63, 3.8) is 0 Å². The Labute approximate surface area is 118 Å². The van der Waals surface area contributed by atoms with Gasteiger partial charge in [-0.3, -0.25) is 0 Å². The summed E-state index contributed by atoms with van der Waals surface area (Å²) in [5, 5.41) is 6.87. The van der Waals surface area contributed by atoms with Gasteiger partial charge in [-0.2, -0.15) is 13.2 Å². The molecule has 2 fully saturated rings. The topological polar surface area (TPSA) is 33.3 Å². The van der Waals surface area contributed by atoms with Crippen LogP contribution in [0.1, 0.15) is 38.5 Å². The maximum Gasteiger partial charge on any atom is 0.411 e. The zero-order valence-electron chi connectivity index (χ0n) is 11.8. The Hall–Kier alpha value is -0.330. The molecule has 1 aliphatic carbocycles. The van der Waals surface area contributed by atoms with Gasteiger partial charge in [-0.25, -0.2) is 0 Å². The number of rotatable bonds is 5. The lowest BCUT2D eigenvalue weighted by molar-refractivity contribution is -0.188. The molecule has 0 spiro atoms. The SMILES string of the molecule is FC(F)(F)COC1CCCC(NCC2CCNCC2)C1. The number of ether oxygens (including phenoxy) is 1. The molecule has 1 heterocycles. The molecule has 2 aliphatic rings. The average molecular weight is 294 g/mol. The van der Waals surface area contributed by atoms with Gasteiger partial charge in [-0.15, -0.1) is 0 Å². The molecule has 0 aromatic carbocycles. The monoisotopic (exact) mass is 294 g/mol. The van der Waals surface area contributed by atoms with Crippen LogP contribution in [-0.4, -0.2) is 44.6 Å². The van der Waals surface area contributed by atoms with Crippen molar-refractivity contribution in [2.75, 3.05) is 26.2 Å². The van der Waals surface area contributed by atoms with Crippen LogP contribution in [0.15, 0.2) is 0 Å². The van der Waals surface area contributed by atoms with E-state index in [1.807, 2.05) is 0 Å². The number of piperidine rings is 1. The van der Waals surface area contributed by atoms with Crippen molar-refractivity contribution in [1.29, 1.82) is 0 Å². The second-order valence-corrected chi connectivity index (χ2v) is 6.01. The Kier molecular flexibility index (Phi) is 6.11. The summed E-state index contributed by atoms with van der Waals surface area (Å²) in [7, 11) is 0. The summed E-state index contributed by atoms with van der Waals surface area (Å²) in [4.78, 5) is 0. The summed E-state index contributed by atoms with van der Waals surface area (Å²) in [5.74, 6) is 0.702. The third-order valence-corrected chi connectivity index (χ3v) is 4.26. The molecule has 3 nitrogen and oxygen atoms in total. The molecule has 6 heteroatoms. The van der Waals surface area contributed by atoms with Crippen molar-refractivity contribution in [3.8, 4) is 0 Å². The van der Waals surface area contributed by atoms with Gasteiger partial charge in [0, 0.05) is 6.04 Å². The molecule has 20 heavy (non-hydrogen) atoms. The van der Waals surface area contributed by atoms with E-state index in [9.17, 15) is 13.2 Å². The number of nitrogens with one attached hydrogen (secondary N) is 2. The highest BCUT2D eigenvalue weighted by Gasteiger charge is 2.31. The Morgan fingerprint density at radius 3 is 2.55 bits per heavy atom. The number of alkyl halides is 3. The highest BCUT2D eigenvalue weighted by Crippen LogP contribution is 2.24. The number of hydrogen-bond donors (Lipinski definition) is 2. The van der Waals surface area contributed by atoms with E-state index in [1.54, 1.807) is 0 Å². The fraction of sp³-hybridized carbons (Fsp3) is 1.00. The van der Waals surface area contributed by atoms with Crippen LogP contribution >= 0.6 is 0 Å². The van der Waals surface area contributed by atoms with Gasteiger partial charge in [0.2, 0.25) is 0 Å². The van der Waals surface area contributed by atoms with Crippen molar-refractivity contribution in [2.24, 2.45) is 5.92 Å². The highest BCUT2D eigenvalue weighted by molar-refractivity contribution is 4.80. The lowest BCUT2D eigenvalue weighted by Gasteiger charge is -2.32. The van der Waals surface area contributed by atoms with Crippen LogP contribution < -0.4 is 10.6 Å². The van der Waals surface area contributed by atoms with E-state index in [1.165, 1.54) is 12.8 Å². The van der Waals surface area contributed by atoms with Crippen LogP contribution in [-0.2, 0) is 4.74 Å². The summed E-state index contributed by atoms with van der Waals surface area (Å²) in [6, 6.07) is 0.317. The molecule has 1 saturated carbocycles. The molecular formula is C14H25F3N2O. The Morgan fingerprint density at radius 1 is 1.10 bits per heavy atom. The zero-order chi connectivity index (χ0) is 14.4. The van der Waals surface area contributed by atoms with E-state index >= 15 is 0 Å². The molecule has 1 aliphatic heterocycles. The molecule has 0 bridgehead atoms. The van der Waals surface area contributed by atoms with Gasteiger partial charge in [-0.05, 0) is 64.1 Å². The first-order chi connectivity index (χ1) is 9.53. The number of halogens is 3. The third kappa shape index (κ3) is 5.97. The predicted molar refractivity (Wildman–Crippen MR) is 71.6 cm³/mol. The summed E-state index contributed by atoms with van der Waals surface area (Å²) < 4.78 is 41.5. The quantitative estimate of drug-likeness (QED) is 0.817. The first kappa shape index (κ1) is 16.0. The van der Waals surface area contributed by atoms with Gasteiger partial charge in [-0.1, -0.05) is 0 Å². The third-order valence-electron chi connectivity index (χ3n) is 4.26. The van der Waals surface area contributed by atoms with Crippen LogP contribution in [0.3, 0.4) is 0 Å². The van der Waals surface area contributed by atoms with Crippen molar-refractivity contribution in [2.45, 2.75) is 56.8 Å². The summed E-state index contributed by atoms with van der Waals surface area (Å²) >= 11 is 0.